The van der Waals surface area contributed by atoms with E-state index < -0.39 is 5.41 Å². The standard InChI is InChI=1S/C23H17NO4/c25-19(15-6-2-1-3-7-15)13-23(16-10-11-20-21(12-16)28-14-27-20)17-8-4-5-9-18(17)24-22(23)26/h1-12H,13-14H2,(H,24,26)/t23-/m0/s1. The van der Waals surface area contributed by atoms with Crippen molar-refractivity contribution in [2.45, 2.75) is 11.8 Å². The van der Waals surface area contributed by atoms with Crippen molar-refractivity contribution in [3.63, 3.8) is 0 Å². The Morgan fingerprint density at radius 3 is 2.54 bits per heavy atom. The molecule has 0 saturated carbocycles. The SMILES string of the molecule is O=C(C[C@@]1(c2ccc3c(c2)OCO3)C(=O)Nc2ccccc21)c1ccccc1. The van der Waals surface area contributed by atoms with Crippen LogP contribution in [-0.4, -0.2) is 18.5 Å². The largest absolute Gasteiger partial charge is 0.454 e. The second kappa shape index (κ2) is 6.23. The van der Waals surface area contributed by atoms with E-state index in [1.54, 1.807) is 18.2 Å². The summed E-state index contributed by atoms with van der Waals surface area (Å²) in [5.41, 5.74) is 1.70. The molecule has 2 heterocycles. The quantitative estimate of drug-likeness (QED) is 0.706. The Hall–Kier alpha value is -3.60. The Morgan fingerprint density at radius 2 is 1.68 bits per heavy atom. The number of para-hydroxylation sites is 1. The molecule has 5 heteroatoms. The van der Waals surface area contributed by atoms with E-state index in [0.29, 0.717) is 22.6 Å². The zero-order valence-electron chi connectivity index (χ0n) is 15.0. The fraction of sp³-hybridized carbons (Fsp3) is 0.130. The first kappa shape index (κ1) is 16.6. The highest BCUT2D eigenvalue weighted by molar-refractivity contribution is 6.12. The van der Waals surface area contributed by atoms with E-state index >= 15 is 0 Å². The number of rotatable bonds is 4. The minimum Gasteiger partial charge on any atom is -0.454 e. The van der Waals surface area contributed by atoms with Gasteiger partial charge in [-0.15, -0.1) is 0 Å². The van der Waals surface area contributed by atoms with Gasteiger partial charge in [0, 0.05) is 17.7 Å². The third-order valence-electron chi connectivity index (χ3n) is 5.41. The number of hydrogen-bond acceptors (Lipinski definition) is 4. The predicted octanol–water partition coefficient (Wildman–Crippen LogP) is 3.93. The minimum atomic E-state index is -1.12. The number of carbonyl (C=O) groups excluding carboxylic acids is 2. The van der Waals surface area contributed by atoms with Gasteiger partial charge in [0.2, 0.25) is 12.7 Å². The Labute approximate surface area is 161 Å². The van der Waals surface area contributed by atoms with Crippen LogP contribution in [0, 0.1) is 0 Å². The van der Waals surface area contributed by atoms with E-state index in [1.807, 2.05) is 54.6 Å². The molecule has 0 spiro atoms. The van der Waals surface area contributed by atoms with Crippen LogP contribution in [0.15, 0.2) is 72.8 Å². The molecule has 3 aromatic rings. The van der Waals surface area contributed by atoms with Crippen molar-refractivity contribution in [3.8, 4) is 11.5 Å². The normalized spacial score (nSPS) is 19.2. The van der Waals surface area contributed by atoms with Gasteiger partial charge in [-0.2, -0.15) is 0 Å². The molecule has 0 fully saturated rings. The molecule has 1 N–H and O–H groups in total. The third-order valence-corrected chi connectivity index (χ3v) is 5.41. The summed E-state index contributed by atoms with van der Waals surface area (Å²) in [5.74, 6) is 0.920. The summed E-state index contributed by atoms with van der Waals surface area (Å²) in [6, 6.07) is 22.0. The number of carbonyl (C=O) groups is 2. The highest BCUT2D eigenvalue weighted by Gasteiger charge is 2.50. The maximum Gasteiger partial charge on any atom is 0.240 e. The monoisotopic (exact) mass is 371 g/mol. The van der Waals surface area contributed by atoms with Crippen molar-refractivity contribution in [3.05, 3.63) is 89.5 Å². The van der Waals surface area contributed by atoms with Gasteiger partial charge in [0.15, 0.2) is 17.3 Å². The summed E-state index contributed by atoms with van der Waals surface area (Å²) in [4.78, 5) is 26.4. The van der Waals surface area contributed by atoms with Gasteiger partial charge in [-0.1, -0.05) is 54.6 Å². The van der Waals surface area contributed by atoms with Gasteiger partial charge in [-0.05, 0) is 29.3 Å². The summed E-state index contributed by atoms with van der Waals surface area (Å²) >= 11 is 0. The van der Waals surface area contributed by atoms with E-state index in [1.165, 1.54) is 0 Å². The zero-order chi connectivity index (χ0) is 19.1. The zero-order valence-corrected chi connectivity index (χ0v) is 15.0. The number of hydrogen-bond donors (Lipinski definition) is 1. The number of ether oxygens (including phenoxy) is 2. The molecule has 0 unspecified atom stereocenters. The Morgan fingerprint density at radius 1 is 0.929 bits per heavy atom. The lowest BCUT2D eigenvalue weighted by Crippen LogP contribution is -2.38. The number of anilines is 1. The van der Waals surface area contributed by atoms with Crippen LogP contribution in [0.1, 0.15) is 27.9 Å². The van der Waals surface area contributed by atoms with Crippen LogP contribution in [0.25, 0.3) is 0 Å². The van der Waals surface area contributed by atoms with Crippen LogP contribution in [-0.2, 0) is 10.2 Å². The number of amides is 1. The lowest BCUT2D eigenvalue weighted by molar-refractivity contribution is -0.119. The van der Waals surface area contributed by atoms with Crippen molar-refractivity contribution >= 4 is 17.4 Å². The van der Waals surface area contributed by atoms with Crippen molar-refractivity contribution in [1.29, 1.82) is 0 Å². The van der Waals surface area contributed by atoms with Gasteiger partial charge in [0.25, 0.3) is 0 Å². The molecule has 5 nitrogen and oxygen atoms in total. The fourth-order valence-corrected chi connectivity index (χ4v) is 4.01. The van der Waals surface area contributed by atoms with Crippen LogP contribution in [0.5, 0.6) is 11.5 Å². The molecule has 5 rings (SSSR count). The summed E-state index contributed by atoms with van der Waals surface area (Å²) in [6.45, 7) is 0.150. The lowest BCUT2D eigenvalue weighted by Gasteiger charge is -2.28. The average Bonchev–Trinajstić information content (AvgIpc) is 3.31. The van der Waals surface area contributed by atoms with Crippen LogP contribution in [0.4, 0.5) is 5.69 Å². The topological polar surface area (TPSA) is 64.6 Å². The van der Waals surface area contributed by atoms with E-state index in [9.17, 15) is 9.59 Å². The molecule has 0 saturated heterocycles. The molecule has 1 amide bonds. The Bertz CT molecular complexity index is 1090. The second-order valence-corrected chi connectivity index (χ2v) is 6.94. The maximum atomic E-state index is 13.3. The number of fused-ring (bicyclic) bond motifs is 2. The number of Topliss-reactive ketones (excluding diaryl/α,β-unsaturated/α-hetero) is 1. The fourth-order valence-electron chi connectivity index (χ4n) is 4.01. The van der Waals surface area contributed by atoms with Crippen molar-refractivity contribution in [2.24, 2.45) is 0 Å². The molecular formula is C23H17NO4. The van der Waals surface area contributed by atoms with Crippen LogP contribution in [0.3, 0.4) is 0 Å². The number of ketones is 1. The summed E-state index contributed by atoms with van der Waals surface area (Å²) in [5, 5.41) is 2.95. The molecule has 138 valence electrons. The van der Waals surface area contributed by atoms with Gasteiger partial charge in [-0.3, -0.25) is 9.59 Å². The summed E-state index contributed by atoms with van der Waals surface area (Å²) < 4.78 is 10.9. The van der Waals surface area contributed by atoms with Gasteiger partial charge in [-0.25, -0.2) is 0 Å². The van der Waals surface area contributed by atoms with Crippen LogP contribution < -0.4 is 14.8 Å². The first-order valence-electron chi connectivity index (χ1n) is 9.08. The lowest BCUT2D eigenvalue weighted by atomic mass is 9.71. The number of benzene rings is 3. The van der Waals surface area contributed by atoms with E-state index in [-0.39, 0.29) is 24.9 Å². The van der Waals surface area contributed by atoms with Gasteiger partial charge in [0.05, 0.1) is 0 Å². The molecule has 0 radical (unpaired) electrons. The second-order valence-electron chi connectivity index (χ2n) is 6.94. The van der Waals surface area contributed by atoms with Crippen LogP contribution in [0.2, 0.25) is 0 Å². The average molecular weight is 371 g/mol. The molecule has 2 aliphatic heterocycles. The predicted molar refractivity (Wildman–Crippen MR) is 104 cm³/mol. The minimum absolute atomic E-state index is 0.0273. The van der Waals surface area contributed by atoms with E-state index in [2.05, 4.69) is 5.32 Å². The van der Waals surface area contributed by atoms with E-state index in [0.717, 1.165) is 11.3 Å². The molecule has 28 heavy (non-hydrogen) atoms. The molecule has 1 atom stereocenters. The maximum absolute atomic E-state index is 13.3. The number of nitrogens with one attached hydrogen (secondary N) is 1. The third kappa shape index (κ3) is 2.40. The Balaban J connectivity index is 1.67. The van der Waals surface area contributed by atoms with Gasteiger partial charge < -0.3 is 14.8 Å². The first-order chi connectivity index (χ1) is 13.7. The highest BCUT2D eigenvalue weighted by atomic mass is 16.7. The van der Waals surface area contributed by atoms with Crippen molar-refractivity contribution in [1.82, 2.24) is 0 Å². The highest BCUT2D eigenvalue weighted by Crippen LogP contribution is 2.48. The van der Waals surface area contributed by atoms with Gasteiger partial charge in [0.1, 0.15) is 5.41 Å². The molecule has 0 aliphatic carbocycles. The molecule has 3 aromatic carbocycles. The van der Waals surface area contributed by atoms with Gasteiger partial charge >= 0.3 is 0 Å². The van der Waals surface area contributed by atoms with Crippen molar-refractivity contribution < 1.29 is 19.1 Å². The molecule has 0 bridgehead atoms. The first-order valence-corrected chi connectivity index (χ1v) is 9.08. The summed E-state index contributed by atoms with van der Waals surface area (Å²) in [7, 11) is 0. The molecule has 2 aliphatic rings. The molecular weight excluding hydrogens is 354 g/mol. The summed E-state index contributed by atoms with van der Waals surface area (Å²) in [6.07, 6.45) is 0.0273. The Kier molecular flexibility index (Phi) is 3.69. The smallest absolute Gasteiger partial charge is 0.240 e. The van der Waals surface area contributed by atoms with Crippen molar-refractivity contribution in [2.75, 3.05) is 12.1 Å². The molecule has 0 aromatic heterocycles. The van der Waals surface area contributed by atoms with E-state index in [4.69, 9.17) is 9.47 Å². The van der Waals surface area contributed by atoms with Crippen LogP contribution >= 0.6 is 0 Å².